The van der Waals surface area contributed by atoms with Crippen molar-refractivity contribution in [3.05, 3.63) is 78.4 Å². The Hall–Kier alpha value is -3.69. The highest BCUT2D eigenvalue weighted by molar-refractivity contribution is 7.91. The van der Waals surface area contributed by atoms with E-state index in [1.54, 1.807) is 38.5 Å². The predicted molar refractivity (Wildman–Crippen MR) is 142 cm³/mol. The summed E-state index contributed by atoms with van der Waals surface area (Å²) in [6.07, 6.45) is 1.74. The maximum atomic E-state index is 13.0. The zero-order valence-electron chi connectivity index (χ0n) is 21.3. The van der Waals surface area contributed by atoms with Crippen LogP contribution in [0.15, 0.2) is 82.7 Å². The lowest BCUT2D eigenvalue weighted by Crippen LogP contribution is -2.23. The van der Waals surface area contributed by atoms with E-state index in [1.807, 2.05) is 30.3 Å². The number of rotatable bonds is 12. The average Bonchev–Trinajstić information content (AvgIpc) is 2.94. The van der Waals surface area contributed by atoms with E-state index in [0.29, 0.717) is 17.9 Å². The minimum Gasteiger partial charge on any atom is -0.494 e. The monoisotopic (exact) mass is 521 g/mol. The summed E-state index contributed by atoms with van der Waals surface area (Å²) < 4.78 is 42.5. The van der Waals surface area contributed by atoms with Crippen molar-refractivity contribution >= 4 is 20.7 Å². The Morgan fingerprint density at radius 2 is 1.59 bits per heavy atom. The van der Waals surface area contributed by atoms with Crippen LogP contribution in [0.1, 0.15) is 12.0 Å². The van der Waals surface area contributed by atoms with Crippen LogP contribution in [0, 0.1) is 0 Å². The maximum absolute atomic E-state index is 13.0. The van der Waals surface area contributed by atoms with Gasteiger partial charge in [-0.15, -0.1) is 10.2 Å². The van der Waals surface area contributed by atoms with Crippen LogP contribution in [-0.4, -0.2) is 64.5 Å². The Balaban J connectivity index is 1.24. The minimum absolute atomic E-state index is 0.0732. The second-order valence-electron chi connectivity index (χ2n) is 8.66. The van der Waals surface area contributed by atoms with Crippen LogP contribution in [-0.2, 0) is 16.3 Å². The molecule has 1 aromatic heterocycles. The molecule has 0 fully saturated rings. The van der Waals surface area contributed by atoms with Gasteiger partial charge in [0.1, 0.15) is 5.75 Å². The van der Waals surface area contributed by atoms with Crippen molar-refractivity contribution in [2.24, 2.45) is 0 Å². The molecule has 0 amide bonds. The van der Waals surface area contributed by atoms with Crippen LogP contribution >= 0.6 is 0 Å². The van der Waals surface area contributed by atoms with E-state index in [4.69, 9.17) is 14.2 Å². The number of nitrogens with zero attached hydrogens (tertiary/aromatic N) is 3. The second-order valence-corrected chi connectivity index (χ2v) is 10.6. The van der Waals surface area contributed by atoms with Crippen LogP contribution in [0.5, 0.6) is 17.2 Å². The van der Waals surface area contributed by atoms with Gasteiger partial charge in [-0.1, -0.05) is 24.3 Å². The Morgan fingerprint density at radius 3 is 2.35 bits per heavy atom. The molecule has 3 aromatic carbocycles. The molecule has 1 heterocycles. The van der Waals surface area contributed by atoms with Gasteiger partial charge >= 0.3 is 0 Å². The van der Waals surface area contributed by atoms with Gasteiger partial charge in [0.05, 0.1) is 31.2 Å². The normalized spacial score (nSPS) is 11.6. The summed E-state index contributed by atoms with van der Waals surface area (Å²) in [4.78, 5) is 2.40. The molecule has 0 bridgehead atoms. The highest BCUT2D eigenvalue weighted by Gasteiger charge is 2.20. The highest BCUT2D eigenvalue weighted by Crippen LogP contribution is 2.28. The number of ether oxygens (including phenoxy) is 3. The van der Waals surface area contributed by atoms with Gasteiger partial charge < -0.3 is 19.1 Å². The van der Waals surface area contributed by atoms with Gasteiger partial charge in [0, 0.05) is 18.5 Å². The Labute approximate surface area is 217 Å². The summed E-state index contributed by atoms with van der Waals surface area (Å²) in [5.74, 6) is 2.08. The number of hydrogen-bond donors (Lipinski definition) is 0. The number of likely N-dealkylation sites (N-methyl/N-ethyl adjacent to an activating group) is 1. The molecule has 9 heteroatoms. The number of sulfone groups is 1. The van der Waals surface area contributed by atoms with Crippen LogP contribution in [0.3, 0.4) is 0 Å². The zero-order valence-corrected chi connectivity index (χ0v) is 22.1. The first-order chi connectivity index (χ1) is 17.9. The molecule has 0 spiro atoms. The summed E-state index contributed by atoms with van der Waals surface area (Å²) in [7, 11) is 1.58. The molecule has 8 nitrogen and oxygen atoms in total. The van der Waals surface area contributed by atoms with Crippen molar-refractivity contribution in [1.29, 1.82) is 0 Å². The molecule has 4 aromatic rings. The number of methoxy groups -OCH3 is 2. The first kappa shape index (κ1) is 26.4. The van der Waals surface area contributed by atoms with Crippen molar-refractivity contribution < 1.29 is 22.6 Å². The van der Waals surface area contributed by atoms with E-state index in [0.717, 1.165) is 42.8 Å². The topological polar surface area (TPSA) is 90.9 Å². The van der Waals surface area contributed by atoms with E-state index in [9.17, 15) is 8.42 Å². The van der Waals surface area contributed by atoms with E-state index in [2.05, 4.69) is 28.2 Å². The molecular formula is C28H31N3O5S. The quantitative estimate of drug-likeness (QED) is 0.253. The molecule has 0 aliphatic carbocycles. The molecule has 194 valence electrons. The number of hydrogen-bond acceptors (Lipinski definition) is 8. The highest BCUT2D eigenvalue weighted by atomic mass is 32.2. The summed E-state index contributed by atoms with van der Waals surface area (Å²) in [5, 5.41) is 8.60. The SMILES string of the molecule is COc1ccc(CCN(C)CCCOc2ccc(S(=O)(=O)c3cc4ccccc4nn3)cc2)cc1OC. The summed E-state index contributed by atoms with van der Waals surface area (Å²) in [6.45, 7) is 2.31. The third kappa shape index (κ3) is 6.55. The van der Waals surface area contributed by atoms with E-state index in [-0.39, 0.29) is 9.92 Å². The van der Waals surface area contributed by atoms with Gasteiger partial charge in [-0.3, -0.25) is 0 Å². The average molecular weight is 522 g/mol. The van der Waals surface area contributed by atoms with Gasteiger partial charge in [0.25, 0.3) is 0 Å². The van der Waals surface area contributed by atoms with Gasteiger partial charge in [-0.2, -0.15) is 0 Å². The molecule has 0 aliphatic heterocycles. The lowest BCUT2D eigenvalue weighted by atomic mass is 10.1. The Bertz CT molecular complexity index is 1440. The van der Waals surface area contributed by atoms with Crippen LogP contribution in [0.2, 0.25) is 0 Å². The standard InChI is InChI=1S/C28H31N3O5S/c1-31(17-15-21-9-14-26(34-2)27(19-21)35-3)16-6-18-36-23-10-12-24(13-11-23)37(32,33)28-20-22-7-4-5-8-25(22)29-30-28/h4-5,7-14,19-20H,6,15-18H2,1-3H3. The van der Waals surface area contributed by atoms with Gasteiger partial charge in [0.15, 0.2) is 16.5 Å². The molecule has 0 aliphatic rings. The molecule has 0 atom stereocenters. The maximum Gasteiger partial charge on any atom is 0.225 e. The largest absolute Gasteiger partial charge is 0.494 e. The summed E-state index contributed by atoms with van der Waals surface area (Å²) >= 11 is 0. The number of aromatic nitrogens is 2. The predicted octanol–water partition coefficient (Wildman–Crippen LogP) is 4.42. The van der Waals surface area contributed by atoms with Crippen LogP contribution < -0.4 is 14.2 Å². The molecule has 0 saturated heterocycles. The summed E-state index contributed by atoms with van der Waals surface area (Å²) in [5.41, 5.74) is 1.84. The van der Waals surface area contributed by atoms with Crippen LogP contribution in [0.4, 0.5) is 0 Å². The Morgan fingerprint density at radius 1 is 0.838 bits per heavy atom. The van der Waals surface area contributed by atoms with Gasteiger partial charge in [-0.25, -0.2) is 8.42 Å². The summed E-state index contributed by atoms with van der Waals surface area (Å²) in [6, 6.07) is 21.2. The van der Waals surface area contributed by atoms with Gasteiger partial charge in [-0.05, 0) is 74.0 Å². The molecule has 37 heavy (non-hydrogen) atoms. The first-order valence-electron chi connectivity index (χ1n) is 12.0. The fraction of sp³-hybridized carbons (Fsp3) is 0.286. The number of fused-ring (bicyclic) bond motifs is 1. The Kier molecular flexibility index (Phi) is 8.58. The lowest BCUT2D eigenvalue weighted by Gasteiger charge is -2.17. The second kappa shape index (κ2) is 12.0. The van der Waals surface area contributed by atoms with Gasteiger partial charge in [0.2, 0.25) is 9.84 Å². The van der Waals surface area contributed by atoms with Crippen molar-refractivity contribution in [2.75, 3.05) is 41.0 Å². The molecule has 0 radical (unpaired) electrons. The van der Waals surface area contributed by atoms with Crippen molar-refractivity contribution in [3.63, 3.8) is 0 Å². The smallest absolute Gasteiger partial charge is 0.225 e. The molecular weight excluding hydrogens is 490 g/mol. The van der Waals surface area contributed by atoms with Crippen molar-refractivity contribution in [3.8, 4) is 17.2 Å². The molecule has 4 rings (SSSR count). The van der Waals surface area contributed by atoms with E-state index >= 15 is 0 Å². The van der Waals surface area contributed by atoms with E-state index < -0.39 is 9.84 Å². The third-order valence-corrected chi connectivity index (χ3v) is 7.71. The fourth-order valence-corrected chi connectivity index (χ4v) is 5.09. The van der Waals surface area contributed by atoms with Crippen molar-refractivity contribution in [2.45, 2.75) is 22.8 Å². The third-order valence-electron chi connectivity index (χ3n) is 6.06. The molecule has 0 N–H and O–H groups in total. The first-order valence-corrected chi connectivity index (χ1v) is 13.5. The molecule has 0 unspecified atom stereocenters. The zero-order chi connectivity index (χ0) is 26.3. The lowest BCUT2D eigenvalue weighted by molar-refractivity contribution is 0.264. The van der Waals surface area contributed by atoms with Crippen LogP contribution in [0.25, 0.3) is 10.9 Å². The molecule has 0 saturated carbocycles. The van der Waals surface area contributed by atoms with Crippen molar-refractivity contribution in [1.82, 2.24) is 15.1 Å². The number of benzene rings is 3. The van der Waals surface area contributed by atoms with E-state index in [1.165, 1.54) is 17.7 Å². The fourth-order valence-electron chi connectivity index (χ4n) is 3.93. The minimum atomic E-state index is -3.77.